The molecule has 238 valence electrons. The van der Waals surface area contributed by atoms with Gasteiger partial charge in [0.15, 0.2) is 5.82 Å². The van der Waals surface area contributed by atoms with E-state index in [0.29, 0.717) is 5.92 Å². The third-order valence-electron chi connectivity index (χ3n) is 10.5. The van der Waals surface area contributed by atoms with Gasteiger partial charge in [-0.15, -0.1) is 0 Å². The zero-order chi connectivity index (χ0) is 33.0. The molecule has 2 heterocycles. The van der Waals surface area contributed by atoms with Crippen LogP contribution in [0.5, 0.6) is 0 Å². The van der Waals surface area contributed by atoms with E-state index in [1.807, 2.05) is 0 Å². The van der Waals surface area contributed by atoms with Crippen LogP contribution >= 0.6 is 0 Å². The summed E-state index contributed by atoms with van der Waals surface area (Å²) in [6, 6.07) is 30.4. The fourth-order valence-electron chi connectivity index (χ4n) is 7.92. The fraction of sp³-hybridized carbons (Fsp3) is 0.106. The highest BCUT2D eigenvalue weighted by Gasteiger charge is 2.23. The van der Waals surface area contributed by atoms with E-state index in [9.17, 15) is 0 Å². The Morgan fingerprint density at radius 1 is 0.680 bits per heavy atom. The summed E-state index contributed by atoms with van der Waals surface area (Å²) in [7, 11) is 0. The number of allylic oxidation sites excluding steroid dienone is 16. The monoisotopic (exact) mass is 642 g/mol. The molecule has 4 aromatic carbocycles. The first-order valence-corrected chi connectivity index (χ1v) is 17.6. The van der Waals surface area contributed by atoms with Crippen LogP contribution in [-0.4, -0.2) is 9.97 Å². The summed E-state index contributed by atoms with van der Waals surface area (Å²) < 4.78 is 6.71. The maximum Gasteiger partial charge on any atom is 0.159 e. The summed E-state index contributed by atoms with van der Waals surface area (Å²) in [6.45, 7) is 0. The first-order chi connectivity index (χ1) is 24.7. The molecule has 0 saturated heterocycles. The summed E-state index contributed by atoms with van der Waals surface area (Å²) in [6.07, 6.45) is 29.7. The Labute approximate surface area is 291 Å². The van der Waals surface area contributed by atoms with Gasteiger partial charge in [-0.05, 0) is 76.8 Å². The molecule has 6 aromatic rings. The molecule has 0 amide bonds. The van der Waals surface area contributed by atoms with E-state index < -0.39 is 0 Å². The summed E-state index contributed by atoms with van der Waals surface area (Å²) in [5.74, 6) is 1.27. The van der Waals surface area contributed by atoms with Gasteiger partial charge in [0.25, 0.3) is 0 Å². The lowest BCUT2D eigenvalue weighted by Gasteiger charge is -2.21. The van der Waals surface area contributed by atoms with Crippen molar-refractivity contribution in [3.8, 4) is 11.3 Å². The minimum absolute atomic E-state index is 0.118. The topological polar surface area (TPSA) is 38.9 Å². The van der Waals surface area contributed by atoms with Crippen molar-refractivity contribution in [3.05, 3.63) is 186 Å². The second kappa shape index (κ2) is 11.8. The SMILES string of the molecule is C1=CC2=CC(c3ccc4c(c3)oc3c5ccccc5c(C5=CC=CC(c6cc(-c7ccccc7)nc(C7=CCCC=C7)n6)C5)cc43)=CC2C=C1. The van der Waals surface area contributed by atoms with E-state index in [-0.39, 0.29) is 5.92 Å². The number of hydrogen-bond acceptors (Lipinski definition) is 3. The first-order valence-electron chi connectivity index (χ1n) is 17.6. The van der Waals surface area contributed by atoms with Gasteiger partial charge in [-0.2, -0.15) is 0 Å². The fourth-order valence-corrected chi connectivity index (χ4v) is 7.92. The zero-order valence-electron chi connectivity index (χ0n) is 27.6. The average molecular weight is 643 g/mol. The molecule has 0 radical (unpaired) electrons. The molecule has 2 atom stereocenters. The lowest BCUT2D eigenvalue weighted by Crippen LogP contribution is -2.08. The molecular formula is C47H34N2O. The highest BCUT2D eigenvalue weighted by molar-refractivity contribution is 6.18. The molecule has 50 heavy (non-hydrogen) atoms. The molecule has 2 aromatic heterocycles. The van der Waals surface area contributed by atoms with Crippen molar-refractivity contribution < 1.29 is 4.42 Å². The lowest BCUT2D eigenvalue weighted by molar-refractivity contribution is 0.672. The van der Waals surface area contributed by atoms with E-state index in [4.69, 9.17) is 14.4 Å². The van der Waals surface area contributed by atoms with E-state index in [1.165, 1.54) is 33.2 Å². The van der Waals surface area contributed by atoms with Crippen molar-refractivity contribution in [3.63, 3.8) is 0 Å². The molecule has 10 rings (SSSR count). The number of benzene rings is 4. The second-order valence-electron chi connectivity index (χ2n) is 13.6. The highest BCUT2D eigenvalue weighted by atomic mass is 16.3. The Bertz CT molecular complexity index is 2620. The van der Waals surface area contributed by atoms with Gasteiger partial charge in [-0.25, -0.2) is 9.97 Å². The third kappa shape index (κ3) is 4.97. The maximum atomic E-state index is 6.71. The van der Waals surface area contributed by atoms with Gasteiger partial charge >= 0.3 is 0 Å². The minimum Gasteiger partial charge on any atom is -0.455 e. The molecule has 4 aliphatic rings. The van der Waals surface area contributed by atoms with Gasteiger partial charge in [0.2, 0.25) is 0 Å². The third-order valence-corrected chi connectivity index (χ3v) is 10.5. The van der Waals surface area contributed by atoms with Crippen LogP contribution in [0, 0.1) is 5.92 Å². The van der Waals surface area contributed by atoms with Crippen LogP contribution in [0.4, 0.5) is 0 Å². The molecule has 3 heteroatoms. The summed E-state index contributed by atoms with van der Waals surface area (Å²) >= 11 is 0. The predicted octanol–water partition coefficient (Wildman–Crippen LogP) is 12.1. The Morgan fingerprint density at radius 3 is 2.46 bits per heavy atom. The Morgan fingerprint density at radius 2 is 1.58 bits per heavy atom. The normalized spacial score (nSPS) is 19.5. The summed E-state index contributed by atoms with van der Waals surface area (Å²) in [5.41, 5.74) is 12.4. The second-order valence-corrected chi connectivity index (χ2v) is 13.6. The van der Waals surface area contributed by atoms with Crippen LogP contribution in [0.2, 0.25) is 0 Å². The standard InChI is InChI=1S/C47H34N2O/c1-3-12-30(13-4-1)43-29-44(49-47(48-43)31-14-5-2-6-15-31)36-19-11-18-35(26-36)41-28-42-39-23-22-34(37-24-32-16-7-8-17-33(32)25-37)27-45(39)50-46(42)40-21-10-9-20-38(40)41/h1,3-5,7-25,27-29,32,36H,2,6,26H2. The van der Waals surface area contributed by atoms with E-state index in [1.54, 1.807) is 0 Å². The van der Waals surface area contributed by atoms with E-state index in [0.717, 1.165) is 74.9 Å². The van der Waals surface area contributed by atoms with Crippen LogP contribution in [0.25, 0.3) is 60.7 Å². The van der Waals surface area contributed by atoms with Crippen molar-refractivity contribution >= 4 is 49.4 Å². The molecule has 4 aliphatic carbocycles. The number of nitrogens with zero attached hydrogens (tertiary/aromatic N) is 2. The smallest absolute Gasteiger partial charge is 0.159 e. The number of rotatable bonds is 5. The van der Waals surface area contributed by atoms with Crippen molar-refractivity contribution in [2.75, 3.05) is 0 Å². The van der Waals surface area contributed by atoms with Crippen LogP contribution in [0.3, 0.4) is 0 Å². The van der Waals surface area contributed by atoms with Crippen molar-refractivity contribution in [2.45, 2.75) is 25.2 Å². The van der Waals surface area contributed by atoms with E-state index >= 15 is 0 Å². The highest BCUT2D eigenvalue weighted by Crippen LogP contribution is 2.43. The number of aromatic nitrogens is 2. The molecule has 0 saturated carbocycles. The molecule has 0 aliphatic heterocycles. The first kappa shape index (κ1) is 28.9. The van der Waals surface area contributed by atoms with Gasteiger partial charge in [0.05, 0.1) is 11.4 Å². The van der Waals surface area contributed by atoms with Gasteiger partial charge < -0.3 is 4.42 Å². The van der Waals surface area contributed by atoms with Crippen LogP contribution in [0.1, 0.15) is 47.8 Å². The van der Waals surface area contributed by atoms with E-state index in [2.05, 4.69) is 158 Å². The Hall–Kier alpha value is -6.06. The van der Waals surface area contributed by atoms with Crippen LogP contribution in [0.15, 0.2) is 168 Å². The number of furan rings is 1. The molecule has 0 spiro atoms. The molecule has 0 fully saturated rings. The van der Waals surface area contributed by atoms with Crippen LogP contribution in [-0.2, 0) is 0 Å². The molecule has 2 unspecified atom stereocenters. The van der Waals surface area contributed by atoms with Gasteiger partial charge in [0.1, 0.15) is 11.2 Å². The minimum atomic E-state index is 0.118. The van der Waals surface area contributed by atoms with Gasteiger partial charge in [-0.1, -0.05) is 134 Å². The molecule has 0 bridgehead atoms. The maximum absolute atomic E-state index is 6.71. The van der Waals surface area contributed by atoms with Gasteiger partial charge in [-0.3, -0.25) is 0 Å². The van der Waals surface area contributed by atoms with Crippen molar-refractivity contribution in [1.29, 1.82) is 0 Å². The van der Waals surface area contributed by atoms with Crippen molar-refractivity contribution in [1.82, 2.24) is 9.97 Å². The quantitative estimate of drug-likeness (QED) is 0.188. The Kier molecular flexibility index (Phi) is 6.83. The number of hydrogen-bond donors (Lipinski definition) is 0. The van der Waals surface area contributed by atoms with Crippen LogP contribution < -0.4 is 0 Å². The number of fused-ring (bicyclic) bond motifs is 6. The average Bonchev–Trinajstić information content (AvgIpc) is 3.80. The van der Waals surface area contributed by atoms with Gasteiger partial charge in [0, 0.05) is 39.1 Å². The van der Waals surface area contributed by atoms with Crippen molar-refractivity contribution in [2.24, 2.45) is 5.92 Å². The molecular weight excluding hydrogens is 609 g/mol. The zero-order valence-corrected chi connectivity index (χ0v) is 27.6. The Balaban J connectivity index is 1.05. The predicted molar refractivity (Wildman–Crippen MR) is 207 cm³/mol. The summed E-state index contributed by atoms with van der Waals surface area (Å²) in [4.78, 5) is 10.3. The molecule has 3 nitrogen and oxygen atoms in total. The molecule has 0 N–H and O–H groups in total. The summed E-state index contributed by atoms with van der Waals surface area (Å²) in [5, 5.41) is 4.64. The lowest BCUT2D eigenvalue weighted by atomic mass is 9.85. The largest absolute Gasteiger partial charge is 0.455 e.